The Morgan fingerprint density at radius 3 is 1.74 bits per heavy atom. The van der Waals surface area contributed by atoms with E-state index >= 15 is 0 Å². The molecule has 4 aromatic carbocycles. The average Bonchev–Trinajstić information content (AvgIpc) is 3.41. The zero-order valence-electron chi connectivity index (χ0n) is 43.1. The van der Waals surface area contributed by atoms with Gasteiger partial charge in [-0.3, -0.25) is 28.8 Å². The maximum Gasteiger partial charge on any atom is 0.336 e. The van der Waals surface area contributed by atoms with Crippen LogP contribution in [0.15, 0.2) is 94.1 Å². The number of carbonyl (C=O) groups excluding carboxylic acids is 1. The van der Waals surface area contributed by atoms with Gasteiger partial charge in [0, 0.05) is 51.5 Å². The number of carboxylic acids is 5. The number of phenolic OH excluding ortho intramolecular Hbond substituents is 1. The van der Waals surface area contributed by atoms with Crippen molar-refractivity contribution in [2.75, 3.05) is 54.5 Å². The Kier molecular flexibility index (Phi) is 21.6. The molecule has 0 bridgehead atoms. The number of nitrogens with zero attached hydrogens (tertiary/aromatic N) is 2. The Balaban J connectivity index is 0.00000527. The van der Waals surface area contributed by atoms with Crippen molar-refractivity contribution in [1.82, 2.24) is 0 Å². The number of para-hydroxylation sites is 2. The summed E-state index contributed by atoms with van der Waals surface area (Å²) in [7, 11) is 0. The largest absolute Gasteiger partial charge is 0.508 e. The number of unbranched alkanes of at least 4 members (excludes halogenated alkanes) is 6. The molecule has 1 aliphatic carbocycles. The fraction of sp³-hybridized carbons (Fsp3) is 0.351. The van der Waals surface area contributed by atoms with Gasteiger partial charge in [0.05, 0.1) is 16.9 Å². The molecule has 19 heteroatoms. The SMILES string of the molecule is CC.CCCCCCc1cc2c(-c3ccc(C(=O)Nc4ccc(N(CC(=O)O)CC(=O)O)c(OCCOc5ccccc5N(CC(=O)O)CC(=O)O)c4)cc3C(=O)O)c3cc(CCCCCC)c(=O)cc-3oc2cc1O. The highest BCUT2D eigenvalue weighted by Crippen LogP contribution is 2.44. The second kappa shape index (κ2) is 28.2. The molecule has 0 radical (unpaired) electrons. The number of carbonyl (C=O) groups is 6. The van der Waals surface area contributed by atoms with Crippen LogP contribution in [0.25, 0.3) is 33.4 Å². The zero-order chi connectivity index (χ0) is 55.5. The second-order valence-corrected chi connectivity index (χ2v) is 17.7. The van der Waals surface area contributed by atoms with E-state index in [4.69, 9.17) is 13.9 Å². The first kappa shape index (κ1) is 58.3. The number of carboxylic acid groups (broad SMARTS) is 5. The highest BCUT2D eigenvalue weighted by molar-refractivity contribution is 6.11. The summed E-state index contributed by atoms with van der Waals surface area (Å²) in [6, 6.07) is 20.7. The molecular formula is C57H65N3O16. The van der Waals surface area contributed by atoms with Crippen LogP contribution in [0.5, 0.6) is 17.2 Å². The third kappa shape index (κ3) is 15.7. The number of ether oxygens (including phenoxy) is 2. The maximum atomic E-state index is 14.1. The second-order valence-electron chi connectivity index (χ2n) is 17.7. The highest BCUT2D eigenvalue weighted by atomic mass is 16.5. The monoisotopic (exact) mass is 1050 g/mol. The number of fused-ring (bicyclic) bond motifs is 2. The van der Waals surface area contributed by atoms with Gasteiger partial charge in [0.25, 0.3) is 5.91 Å². The number of hydrogen-bond donors (Lipinski definition) is 7. The number of nitrogens with one attached hydrogen (secondary N) is 1. The molecule has 1 heterocycles. The van der Waals surface area contributed by atoms with Gasteiger partial charge >= 0.3 is 29.8 Å². The van der Waals surface area contributed by atoms with Gasteiger partial charge in [0.2, 0.25) is 0 Å². The number of phenols is 1. The Morgan fingerprint density at radius 1 is 0.592 bits per heavy atom. The molecule has 19 nitrogen and oxygen atoms in total. The van der Waals surface area contributed by atoms with Crippen molar-refractivity contribution in [3.63, 3.8) is 0 Å². The van der Waals surface area contributed by atoms with Crippen LogP contribution in [0.4, 0.5) is 17.1 Å². The minimum absolute atomic E-state index is 0.00317. The van der Waals surface area contributed by atoms with Crippen LogP contribution in [0.1, 0.15) is 111 Å². The molecule has 0 saturated heterocycles. The van der Waals surface area contributed by atoms with Crippen LogP contribution in [0.3, 0.4) is 0 Å². The maximum absolute atomic E-state index is 14.1. The molecule has 1 aliphatic heterocycles. The predicted molar refractivity (Wildman–Crippen MR) is 287 cm³/mol. The lowest BCUT2D eigenvalue weighted by atomic mass is 9.87. The molecule has 0 fully saturated rings. The fourth-order valence-electron chi connectivity index (χ4n) is 8.72. The summed E-state index contributed by atoms with van der Waals surface area (Å²) < 4.78 is 18.2. The van der Waals surface area contributed by atoms with Crippen LogP contribution in [-0.2, 0) is 32.0 Å². The third-order valence-corrected chi connectivity index (χ3v) is 12.2. The summed E-state index contributed by atoms with van der Waals surface area (Å²) in [6.07, 6.45) is 8.52. The highest BCUT2D eigenvalue weighted by Gasteiger charge is 2.26. The van der Waals surface area contributed by atoms with Crippen molar-refractivity contribution in [1.29, 1.82) is 0 Å². The van der Waals surface area contributed by atoms with Crippen LogP contribution >= 0.6 is 0 Å². The number of benzene rings is 5. The molecule has 0 saturated carbocycles. The van der Waals surface area contributed by atoms with E-state index in [1.165, 1.54) is 60.7 Å². The average molecular weight is 1050 g/mol. The molecule has 0 aromatic heterocycles. The summed E-state index contributed by atoms with van der Waals surface area (Å²) >= 11 is 0. The van der Waals surface area contributed by atoms with E-state index in [1.807, 2.05) is 13.8 Å². The molecule has 0 atom stereocenters. The van der Waals surface area contributed by atoms with Gasteiger partial charge in [0.15, 0.2) is 5.43 Å². The van der Waals surface area contributed by atoms with Crippen LogP contribution in [0, 0.1) is 0 Å². The lowest BCUT2D eigenvalue weighted by Crippen LogP contribution is -2.35. The van der Waals surface area contributed by atoms with E-state index < -0.39 is 61.9 Å². The molecule has 0 unspecified atom stereocenters. The number of rotatable bonds is 29. The minimum atomic E-state index is -1.37. The fourth-order valence-corrected chi connectivity index (χ4v) is 8.72. The van der Waals surface area contributed by atoms with Crippen molar-refractivity contribution >= 4 is 63.8 Å². The number of aryl methyl sites for hydroxylation is 2. The van der Waals surface area contributed by atoms with Gasteiger partial charge in [-0.2, -0.15) is 0 Å². The molecule has 76 heavy (non-hydrogen) atoms. The number of hydrogen-bond acceptors (Lipinski definition) is 13. The van der Waals surface area contributed by atoms with Gasteiger partial charge < -0.3 is 59.6 Å². The van der Waals surface area contributed by atoms with Gasteiger partial charge in [-0.1, -0.05) is 84.4 Å². The predicted octanol–water partition coefficient (Wildman–Crippen LogP) is 9.90. The lowest BCUT2D eigenvalue weighted by molar-refractivity contribution is -0.138. The topological polar surface area (TPSA) is 291 Å². The summed E-state index contributed by atoms with van der Waals surface area (Å²) in [5, 5.41) is 63.3. The quantitative estimate of drug-likeness (QED) is 0.0170. The van der Waals surface area contributed by atoms with Gasteiger partial charge in [-0.25, -0.2) is 4.79 Å². The molecule has 0 spiro atoms. The van der Waals surface area contributed by atoms with E-state index in [0.717, 1.165) is 61.2 Å². The number of aliphatic carboxylic acids is 4. The minimum Gasteiger partial charge on any atom is -0.508 e. The Bertz CT molecular complexity index is 3030. The zero-order valence-corrected chi connectivity index (χ0v) is 43.1. The van der Waals surface area contributed by atoms with Gasteiger partial charge in [-0.05, 0) is 85.3 Å². The van der Waals surface area contributed by atoms with Crippen molar-refractivity contribution < 1.29 is 73.3 Å². The van der Waals surface area contributed by atoms with Crippen molar-refractivity contribution in [3.05, 3.63) is 117 Å². The van der Waals surface area contributed by atoms with E-state index in [-0.39, 0.29) is 81.0 Å². The number of anilines is 3. The van der Waals surface area contributed by atoms with Crippen LogP contribution in [-0.4, -0.2) is 106 Å². The molecule has 2 aliphatic rings. The summed E-state index contributed by atoms with van der Waals surface area (Å²) in [5.41, 5.74) is 2.21. The number of aromatic hydroxyl groups is 1. The molecule has 4 aromatic rings. The van der Waals surface area contributed by atoms with E-state index in [9.17, 15) is 64.2 Å². The standard InChI is InChI=1S/C55H59N3O16.C2H6/c1-3-5-7-9-13-33-23-39-46(27-43(33)59)74-47-28-44(60)34(14-10-8-6-4-2)24-40(47)53(39)37-19-17-35(25-38(37)55(70)71)54(69)56-36-18-20-42(58(31-51(65)66)32-52(67)68)48(26-36)73-22-21-72-45-16-12-11-15-41(45)57(29-49(61)62)30-50(63)64;1-2/h11-12,15-20,23-28,59H,3-10,13-14,21-22,29-32H2,1-2H3,(H,56,69)(H,61,62)(H,63,64)(H,65,66)(H,67,68)(H,70,71);1-2H3. The molecule has 404 valence electrons. The third-order valence-electron chi connectivity index (χ3n) is 12.2. The Hall–Kier alpha value is -8.61. The van der Waals surface area contributed by atoms with Crippen molar-refractivity contribution in [2.45, 2.75) is 91.9 Å². The number of amides is 1. The first-order chi connectivity index (χ1) is 36.5. The molecule has 1 amide bonds. The number of aromatic carboxylic acids is 1. The van der Waals surface area contributed by atoms with Crippen LogP contribution in [0.2, 0.25) is 0 Å². The normalized spacial score (nSPS) is 10.8. The smallest absolute Gasteiger partial charge is 0.336 e. The summed E-state index contributed by atoms with van der Waals surface area (Å²) in [4.78, 5) is 89.8. The van der Waals surface area contributed by atoms with Gasteiger partial charge in [0.1, 0.15) is 68.0 Å². The Morgan fingerprint density at radius 2 is 1.16 bits per heavy atom. The molecular weight excluding hydrogens is 983 g/mol. The lowest BCUT2D eigenvalue weighted by Gasteiger charge is -2.25. The van der Waals surface area contributed by atoms with Crippen LogP contribution < -0.4 is 30.0 Å². The first-order valence-corrected chi connectivity index (χ1v) is 25.3. The van der Waals surface area contributed by atoms with E-state index in [2.05, 4.69) is 19.2 Å². The molecule has 6 rings (SSSR count). The summed E-state index contributed by atoms with van der Waals surface area (Å²) in [6.45, 7) is 4.86. The van der Waals surface area contributed by atoms with Crippen molar-refractivity contribution in [2.24, 2.45) is 0 Å². The van der Waals surface area contributed by atoms with E-state index in [0.29, 0.717) is 40.5 Å². The Labute approximate surface area is 439 Å². The molecule has 7 N–H and O–H groups in total. The van der Waals surface area contributed by atoms with Crippen molar-refractivity contribution in [3.8, 4) is 39.7 Å². The first-order valence-electron chi connectivity index (χ1n) is 25.3. The summed E-state index contributed by atoms with van der Waals surface area (Å²) in [5.74, 6) is -7.20. The van der Waals surface area contributed by atoms with Gasteiger partial charge in [-0.15, -0.1) is 0 Å². The van der Waals surface area contributed by atoms with E-state index in [1.54, 1.807) is 24.3 Å².